The van der Waals surface area contributed by atoms with E-state index >= 15 is 0 Å². The summed E-state index contributed by atoms with van der Waals surface area (Å²) < 4.78 is 0. The molecule has 0 radical (unpaired) electrons. The average molecular weight is 300 g/mol. The first-order chi connectivity index (χ1) is 10.2. The quantitative estimate of drug-likeness (QED) is 0.833. The molecule has 1 aliphatic heterocycles. The topological polar surface area (TPSA) is 29.1 Å². The van der Waals surface area contributed by atoms with Gasteiger partial charge in [0.1, 0.15) is 0 Å². The zero-order chi connectivity index (χ0) is 14.8. The number of amides is 1. The third kappa shape index (κ3) is 2.96. The summed E-state index contributed by atoms with van der Waals surface area (Å²) in [6.07, 6.45) is 2.37. The number of fused-ring (bicyclic) bond motifs is 1. The second-order valence-electron chi connectivity index (χ2n) is 5.42. The van der Waals surface area contributed by atoms with Gasteiger partial charge in [0.2, 0.25) is 5.91 Å². The predicted octanol–water partition coefficient (Wildman–Crippen LogP) is 4.46. The molecule has 0 aliphatic carbocycles. The molecule has 1 unspecified atom stereocenters. The van der Waals surface area contributed by atoms with E-state index in [9.17, 15) is 4.79 Å². The van der Waals surface area contributed by atoms with Crippen molar-refractivity contribution >= 4 is 23.2 Å². The van der Waals surface area contributed by atoms with Crippen LogP contribution in [0.4, 0.5) is 5.69 Å². The van der Waals surface area contributed by atoms with Crippen LogP contribution in [0, 0.1) is 0 Å². The van der Waals surface area contributed by atoms with Crippen LogP contribution in [-0.4, -0.2) is 5.91 Å². The van der Waals surface area contributed by atoms with Gasteiger partial charge >= 0.3 is 0 Å². The molecule has 21 heavy (non-hydrogen) atoms. The Morgan fingerprint density at radius 3 is 2.52 bits per heavy atom. The van der Waals surface area contributed by atoms with Crippen molar-refractivity contribution in [3.05, 3.63) is 64.7 Å². The van der Waals surface area contributed by atoms with Crippen molar-refractivity contribution in [1.82, 2.24) is 0 Å². The van der Waals surface area contributed by atoms with Crippen LogP contribution in [0.3, 0.4) is 0 Å². The summed E-state index contributed by atoms with van der Waals surface area (Å²) in [5, 5.41) is 2.74. The average Bonchev–Trinajstić information content (AvgIpc) is 2.53. The molecule has 108 valence electrons. The number of halogens is 1. The van der Waals surface area contributed by atoms with E-state index in [1.54, 1.807) is 0 Å². The molecule has 0 spiro atoms. The van der Waals surface area contributed by atoms with Crippen LogP contribution >= 0.6 is 11.6 Å². The number of nitrogens with one attached hydrogen (secondary N) is 1. The Morgan fingerprint density at radius 1 is 1.10 bits per heavy atom. The van der Waals surface area contributed by atoms with E-state index in [0.29, 0.717) is 6.42 Å². The van der Waals surface area contributed by atoms with E-state index in [1.165, 1.54) is 11.1 Å². The van der Waals surface area contributed by atoms with Crippen molar-refractivity contribution in [3.63, 3.8) is 0 Å². The largest absolute Gasteiger partial charge is 0.326 e. The van der Waals surface area contributed by atoms with Gasteiger partial charge in [0.05, 0.1) is 5.38 Å². The monoisotopic (exact) mass is 299 g/mol. The molecule has 1 atom stereocenters. The fourth-order valence-corrected chi connectivity index (χ4v) is 2.96. The highest BCUT2D eigenvalue weighted by Crippen LogP contribution is 2.33. The van der Waals surface area contributed by atoms with Gasteiger partial charge in [-0.2, -0.15) is 0 Å². The third-order valence-electron chi connectivity index (χ3n) is 4.00. The summed E-state index contributed by atoms with van der Waals surface area (Å²) in [6, 6.07) is 14.5. The summed E-state index contributed by atoms with van der Waals surface area (Å²) in [4.78, 5) is 11.4. The first-order valence-corrected chi connectivity index (χ1v) is 7.76. The van der Waals surface area contributed by atoms with Crippen molar-refractivity contribution in [2.75, 3.05) is 5.32 Å². The lowest BCUT2D eigenvalue weighted by Gasteiger charge is -2.19. The minimum atomic E-state index is -0.154. The highest BCUT2D eigenvalue weighted by Gasteiger charge is 2.17. The molecule has 2 aromatic rings. The highest BCUT2D eigenvalue weighted by atomic mass is 35.5. The number of benzene rings is 2. The Bertz CT molecular complexity index is 663. The zero-order valence-corrected chi connectivity index (χ0v) is 12.8. The van der Waals surface area contributed by atoms with Crippen molar-refractivity contribution in [2.24, 2.45) is 0 Å². The summed E-state index contributed by atoms with van der Waals surface area (Å²) in [6.45, 7) is 2.14. The normalized spacial score (nSPS) is 15.2. The number of hydrogen-bond acceptors (Lipinski definition) is 1. The van der Waals surface area contributed by atoms with Gasteiger partial charge in [0.25, 0.3) is 0 Å². The lowest BCUT2D eigenvalue weighted by atomic mass is 9.96. The lowest BCUT2D eigenvalue weighted by Crippen LogP contribution is -2.19. The first-order valence-electron chi connectivity index (χ1n) is 7.33. The summed E-state index contributed by atoms with van der Waals surface area (Å²) in [5.41, 5.74) is 5.59. The van der Waals surface area contributed by atoms with Crippen LogP contribution in [0.1, 0.15) is 41.0 Å². The summed E-state index contributed by atoms with van der Waals surface area (Å²) >= 11 is 6.61. The minimum Gasteiger partial charge on any atom is -0.326 e. The molecule has 0 saturated carbocycles. The number of hydrogen-bond donors (Lipinski definition) is 1. The van der Waals surface area contributed by atoms with E-state index in [-0.39, 0.29) is 11.3 Å². The van der Waals surface area contributed by atoms with Gasteiger partial charge in [-0.1, -0.05) is 43.3 Å². The van der Waals surface area contributed by atoms with Crippen molar-refractivity contribution in [1.29, 1.82) is 0 Å². The van der Waals surface area contributed by atoms with Crippen molar-refractivity contribution in [3.8, 4) is 0 Å². The standard InChI is InChI=1S/C18H18ClNO/c1-2-12-3-5-13(6-4-12)18(19)15-7-9-16-14(11-15)8-10-17(21)20-16/h3-7,9,11,18H,2,8,10H2,1H3,(H,20,21). The fourth-order valence-electron chi connectivity index (χ4n) is 2.68. The molecule has 0 aromatic heterocycles. The third-order valence-corrected chi connectivity index (χ3v) is 4.50. The van der Waals surface area contributed by atoms with E-state index in [0.717, 1.165) is 29.7 Å². The molecule has 0 bridgehead atoms. The predicted molar refractivity (Wildman–Crippen MR) is 86.9 cm³/mol. The van der Waals surface area contributed by atoms with Gasteiger partial charge in [-0.15, -0.1) is 11.6 Å². The Labute approximate surface area is 130 Å². The van der Waals surface area contributed by atoms with Gasteiger partial charge < -0.3 is 5.32 Å². The lowest BCUT2D eigenvalue weighted by molar-refractivity contribution is -0.116. The van der Waals surface area contributed by atoms with Crippen LogP contribution in [0.25, 0.3) is 0 Å². The molecule has 2 nitrogen and oxygen atoms in total. The fraction of sp³-hybridized carbons (Fsp3) is 0.278. The maximum absolute atomic E-state index is 11.4. The molecule has 1 aliphatic rings. The second-order valence-corrected chi connectivity index (χ2v) is 5.86. The molecular formula is C18H18ClNO. The number of carbonyl (C=O) groups excluding carboxylic acids is 1. The van der Waals surface area contributed by atoms with E-state index < -0.39 is 0 Å². The molecule has 2 aromatic carbocycles. The Kier molecular flexibility index (Phi) is 3.98. The molecule has 1 amide bonds. The van der Waals surface area contributed by atoms with Crippen molar-refractivity contribution in [2.45, 2.75) is 31.6 Å². The number of rotatable bonds is 3. The number of anilines is 1. The molecule has 3 rings (SSSR count). The van der Waals surface area contributed by atoms with Gasteiger partial charge in [-0.05, 0) is 41.2 Å². The molecule has 3 heteroatoms. The van der Waals surface area contributed by atoms with Crippen LogP contribution < -0.4 is 5.32 Å². The van der Waals surface area contributed by atoms with Crippen LogP contribution in [0.5, 0.6) is 0 Å². The molecule has 1 heterocycles. The Hall–Kier alpha value is -1.80. The number of aryl methyl sites for hydroxylation is 2. The molecule has 0 fully saturated rings. The van der Waals surface area contributed by atoms with Crippen molar-refractivity contribution < 1.29 is 4.79 Å². The SMILES string of the molecule is CCc1ccc(C(Cl)c2ccc3c(c2)CCC(=O)N3)cc1. The zero-order valence-electron chi connectivity index (χ0n) is 12.0. The molecule has 0 saturated heterocycles. The maximum atomic E-state index is 11.4. The second kappa shape index (κ2) is 5.90. The van der Waals surface area contributed by atoms with Gasteiger partial charge in [-0.3, -0.25) is 4.79 Å². The first kappa shape index (κ1) is 14.2. The van der Waals surface area contributed by atoms with Gasteiger partial charge in [0.15, 0.2) is 0 Å². The van der Waals surface area contributed by atoms with E-state index in [4.69, 9.17) is 11.6 Å². The van der Waals surface area contributed by atoms with Gasteiger partial charge in [0, 0.05) is 12.1 Å². The molecule has 1 N–H and O–H groups in total. The van der Waals surface area contributed by atoms with Crippen LogP contribution in [-0.2, 0) is 17.6 Å². The summed E-state index contributed by atoms with van der Waals surface area (Å²) in [5.74, 6) is 0.0906. The molecular weight excluding hydrogens is 282 g/mol. The Balaban J connectivity index is 1.87. The smallest absolute Gasteiger partial charge is 0.224 e. The number of carbonyl (C=O) groups is 1. The van der Waals surface area contributed by atoms with E-state index in [2.05, 4.69) is 42.6 Å². The Morgan fingerprint density at radius 2 is 1.81 bits per heavy atom. The van der Waals surface area contributed by atoms with Crippen LogP contribution in [0.15, 0.2) is 42.5 Å². The minimum absolute atomic E-state index is 0.0906. The maximum Gasteiger partial charge on any atom is 0.224 e. The highest BCUT2D eigenvalue weighted by molar-refractivity contribution is 6.22. The van der Waals surface area contributed by atoms with E-state index in [1.807, 2.05) is 12.1 Å². The van der Waals surface area contributed by atoms with Crippen LogP contribution in [0.2, 0.25) is 0 Å². The number of alkyl halides is 1. The van der Waals surface area contributed by atoms with Gasteiger partial charge in [-0.25, -0.2) is 0 Å². The summed E-state index contributed by atoms with van der Waals surface area (Å²) in [7, 11) is 0.